The first kappa shape index (κ1) is 11.4. The van der Waals surface area contributed by atoms with Crippen LogP contribution in [0.4, 0.5) is 13.2 Å². The minimum atomic E-state index is -4.34. The van der Waals surface area contributed by atoms with Gasteiger partial charge >= 0.3 is 6.18 Å². The molecule has 0 unspecified atom stereocenters. The van der Waals surface area contributed by atoms with Crippen LogP contribution >= 0.6 is 0 Å². The zero-order chi connectivity index (χ0) is 11.8. The lowest BCUT2D eigenvalue weighted by Crippen LogP contribution is -2.44. The molecule has 0 atom stereocenters. The highest BCUT2D eigenvalue weighted by Crippen LogP contribution is 2.32. The minimum Gasteiger partial charge on any atom is -0.302 e. The van der Waals surface area contributed by atoms with E-state index in [0.717, 1.165) is 31.3 Å². The van der Waals surface area contributed by atoms with Crippen LogP contribution in [0, 0.1) is 0 Å². The topological polar surface area (TPSA) is 16.1 Å². The predicted molar refractivity (Wildman–Crippen MR) is 54.1 cm³/mol. The van der Waals surface area contributed by atoms with Gasteiger partial charge in [-0.1, -0.05) is 6.92 Å². The van der Waals surface area contributed by atoms with E-state index >= 15 is 0 Å². The molecule has 0 aromatic carbocycles. The molecular weight excluding hydrogens is 217 g/mol. The number of rotatable bonds is 2. The van der Waals surface area contributed by atoms with E-state index in [2.05, 4.69) is 9.88 Å². The van der Waals surface area contributed by atoms with Gasteiger partial charge in [0.1, 0.15) is 5.69 Å². The molecular formula is C11H13F3N2. The van der Waals surface area contributed by atoms with Gasteiger partial charge in [-0.2, -0.15) is 13.2 Å². The summed E-state index contributed by atoms with van der Waals surface area (Å²) in [6.45, 7) is 4.69. The van der Waals surface area contributed by atoms with Crippen molar-refractivity contribution in [3.05, 3.63) is 29.6 Å². The fourth-order valence-electron chi connectivity index (χ4n) is 1.89. The van der Waals surface area contributed by atoms with E-state index in [4.69, 9.17) is 0 Å². The lowest BCUT2D eigenvalue weighted by Gasteiger charge is -2.38. The van der Waals surface area contributed by atoms with Gasteiger partial charge in [0.25, 0.3) is 0 Å². The van der Waals surface area contributed by atoms with Gasteiger partial charge < -0.3 is 4.90 Å². The molecule has 0 bridgehead atoms. The molecule has 0 radical (unpaired) electrons. The van der Waals surface area contributed by atoms with Gasteiger partial charge in [0.2, 0.25) is 0 Å². The molecule has 0 saturated carbocycles. The van der Waals surface area contributed by atoms with E-state index in [-0.39, 0.29) is 5.92 Å². The summed E-state index contributed by atoms with van der Waals surface area (Å²) in [4.78, 5) is 5.54. The van der Waals surface area contributed by atoms with E-state index < -0.39 is 11.9 Å². The molecule has 0 N–H and O–H groups in total. The minimum absolute atomic E-state index is 0.226. The van der Waals surface area contributed by atoms with E-state index in [1.54, 1.807) is 6.07 Å². The van der Waals surface area contributed by atoms with Crippen molar-refractivity contribution in [1.82, 2.24) is 9.88 Å². The second-order valence-electron chi connectivity index (χ2n) is 4.02. The molecule has 16 heavy (non-hydrogen) atoms. The molecule has 1 aliphatic rings. The van der Waals surface area contributed by atoms with Crippen molar-refractivity contribution in [3.8, 4) is 0 Å². The third-order valence-corrected chi connectivity index (χ3v) is 2.95. The summed E-state index contributed by atoms with van der Waals surface area (Å²) >= 11 is 0. The summed E-state index contributed by atoms with van der Waals surface area (Å²) in [5.74, 6) is 0.226. The largest absolute Gasteiger partial charge is 0.433 e. The van der Waals surface area contributed by atoms with Gasteiger partial charge in [-0.25, -0.2) is 0 Å². The molecule has 0 aliphatic carbocycles. The van der Waals surface area contributed by atoms with Crippen LogP contribution in [0.3, 0.4) is 0 Å². The summed E-state index contributed by atoms with van der Waals surface area (Å²) in [6.07, 6.45) is -3.10. The van der Waals surface area contributed by atoms with Crippen molar-refractivity contribution >= 4 is 0 Å². The van der Waals surface area contributed by atoms with Crippen molar-refractivity contribution in [3.63, 3.8) is 0 Å². The Kier molecular flexibility index (Phi) is 2.88. The number of likely N-dealkylation sites (tertiary alicyclic amines) is 1. The Bertz CT molecular complexity index is 370. The summed E-state index contributed by atoms with van der Waals surface area (Å²) in [5, 5.41) is 0. The maximum atomic E-state index is 12.4. The maximum absolute atomic E-state index is 12.4. The average Bonchev–Trinajstić information content (AvgIpc) is 2.15. The van der Waals surface area contributed by atoms with E-state index in [0.29, 0.717) is 0 Å². The Morgan fingerprint density at radius 2 is 2.12 bits per heavy atom. The third kappa shape index (κ3) is 2.19. The average molecular weight is 230 g/mol. The van der Waals surface area contributed by atoms with Crippen molar-refractivity contribution < 1.29 is 13.2 Å². The monoisotopic (exact) mass is 230 g/mol. The zero-order valence-electron chi connectivity index (χ0n) is 8.96. The van der Waals surface area contributed by atoms with Gasteiger partial charge in [-0.15, -0.1) is 0 Å². The lowest BCUT2D eigenvalue weighted by atomic mass is 9.92. The maximum Gasteiger partial charge on any atom is 0.433 e. The Morgan fingerprint density at radius 1 is 1.44 bits per heavy atom. The van der Waals surface area contributed by atoms with Crippen LogP contribution in [0.25, 0.3) is 0 Å². The number of hydrogen-bond donors (Lipinski definition) is 0. The van der Waals surface area contributed by atoms with Crippen molar-refractivity contribution in [2.45, 2.75) is 19.0 Å². The second-order valence-corrected chi connectivity index (χ2v) is 4.02. The summed E-state index contributed by atoms with van der Waals surface area (Å²) < 4.78 is 37.3. The Labute approximate surface area is 92.1 Å². The predicted octanol–water partition coefficient (Wildman–Crippen LogP) is 2.52. The van der Waals surface area contributed by atoms with Crippen LogP contribution in [0.1, 0.15) is 24.1 Å². The number of hydrogen-bond acceptors (Lipinski definition) is 2. The number of nitrogens with zero attached hydrogens (tertiary/aromatic N) is 2. The molecule has 1 aromatic heterocycles. The number of pyridine rings is 1. The van der Waals surface area contributed by atoms with Crippen LogP contribution in [0.5, 0.6) is 0 Å². The highest BCUT2D eigenvalue weighted by Gasteiger charge is 2.34. The van der Waals surface area contributed by atoms with Crippen LogP contribution < -0.4 is 0 Å². The second kappa shape index (κ2) is 4.05. The van der Waals surface area contributed by atoms with Gasteiger partial charge in [0.15, 0.2) is 0 Å². The van der Waals surface area contributed by atoms with Crippen molar-refractivity contribution in [2.75, 3.05) is 19.6 Å². The molecule has 1 fully saturated rings. The molecule has 0 spiro atoms. The van der Waals surface area contributed by atoms with E-state index in [1.165, 1.54) is 6.20 Å². The molecule has 2 heterocycles. The van der Waals surface area contributed by atoms with Crippen molar-refractivity contribution in [2.24, 2.45) is 0 Å². The van der Waals surface area contributed by atoms with Crippen LogP contribution in [-0.2, 0) is 6.18 Å². The first-order valence-corrected chi connectivity index (χ1v) is 5.26. The highest BCUT2D eigenvalue weighted by molar-refractivity contribution is 5.25. The highest BCUT2D eigenvalue weighted by atomic mass is 19.4. The molecule has 2 rings (SSSR count). The molecule has 1 aliphatic heterocycles. The first-order chi connectivity index (χ1) is 7.50. The molecule has 1 aromatic rings. The third-order valence-electron chi connectivity index (χ3n) is 2.95. The van der Waals surface area contributed by atoms with Crippen molar-refractivity contribution in [1.29, 1.82) is 0 Å². The molecule has 1 saturated heterocycles. The number of alkyl halides is 3. The zero-order valence-corrected chi connectivity index (χ0v) is 8.96. The Balaban J connectivity index is 2.12. The van der Waals surface area contributed by atoms with E-state index in [9.17, 15) is 13.2 Å². The smallest absolute Gasteiger partial charge is 0.302 e. The number of likely N-dealkylation sites (N-methyl/N-ethyl adjacent to an activating group) is 1. The Morgan fingerprint density at radius 3 is 2.69 bits per heavy atom. The fraction of sp³-hybridized carbons (Fsp3) is 0.545. The van der Waals surface area contributed by atoms with Crippen LogP contribution in [0.15, 0.2) is 18.3 Å². The summed E-state index contributed by atoms with van der Waals surface area (Å²) in [7, 11) is 0. The number of aromatic nitrogens is 1. The normalized spacial score (nSPS) is 18.5. The number of halogens is 3. The summed E-state index contributed by atoms with van der Waals surface area (Å²) in [5.41, 5.74) is -0.0491. The van der Waals surface area contributed by atoms with E-state index in [1.807, 2.05) is 6.92 Å². The standard InChI is InChI=1S/C11H13F3N2/c1-2-16-6-9(7-16)8-3-4-15-10(5-8)11(12,13)14/h3-5,9H,2,6-7H2,1H3. The Hall–Kier alpha value is -1.10. The molecule has 5 heteroatoms. The SMILES string of the molecule is CCN1CC(c2ccnc(C(F)(F)F)c2)C1. The summed E-state index contributed by atoms with van der Waals surface area (Å²) in [6, 6.07) is 2.84. The lowest BCUT2D eigenvalue weighted by molar-refractivity contribution is -0.141. The fourth-order valence-corrected chi connectivity index (χ4v) is 1.89. The van der Waals surface area contributed by atoms with Gasteiger partial charge in [-0.3, -0.25) is 4.98 Å². The quantitative estimate of drug-likeness (QED) is 0.776. The molecule has 2 nitrogen and oxygen atoms in total. The van der Waals surface area contributed by atoms with Crippen LogP contribution in [-0.4, -0.2) is 29.5 Å². The first-order valence-electron chi connectivity index (χ1n) is 5.26. The molecule has 88 valence electrons. The van der Waals surface area contributed by atoms with Gasteiger partial charge in [0, 0.05) is 25.2 Å². The van der Waals surface area contributed by atoms with Crippen LogP contribution in [0.2, 0.25) is 0 Å². The van der Waals surface area contributed by atoms with Gasteiger partial charge in [0.05, 0.1) is 0 Å². The molecule has 0 amide bonds. The van der Waals surface area contributed by atoms with Gasteiger partial charge in [-0.05, 0) is 24.2 Å².